The quantitative estimate of drug-likeness (QED) is 0.0267. The second kappa shape index (κ2) is 45.0. The van der Waals surface area contributed by atoms with Crippen molar-refractivity contribution in [1.29, 1.82) is 0 Å². The zero-order chi connectivity index (χ0) is 41.5. The van der Waals surface area contributed by atoms with Crippen LogP contribution in [0.3, 0.4) is 0 Å². The van der Waals surface area contributed by atoms with Crippen LogP contribution in [0.1, 0.15) is 188 Å². The first-order valence-electron chi connectivity index (χ1n) is 22.7. The fraction of sp³-hybridized carbons (Fsp3) is 0.627. The highest BCUT2D eigenvalue weighted by molar-refractivity contribution is 5.71. The summed E-state index contributed by atoms with van der Waals surface area (Å²) in [6, 6.07) is 0. The van der Waals surface area contributed by atoms with Crippen molar-refractivity contribution in [2.75, 3.05) is 13.2 Å². The molecule has 57 heavy (non-hydrogen) atoms. The molecule has 0 N–H and O–H groups in total. The van der Waals surface area contributed by atoms with Gasteiger partial charge in [0.25, 0.3) is 0 Å². The lowest BCUT2D eigenvalue weighted by Crippen LogP contribution is -2.30. The van der Waals surface area contributed by atoms with E-state index in [9.17, 15) is 14.4 Å². The molecule has 0 rings (SSSR count). The normalized spacial score (nSPS) is 13.0. The highest BCUT2D eigenvalue weighted by Gasteiger charge is 2.19. The van der Waals surface area contributed by atoms with Gasteiger partial charge in [-0.25, -0.2) is 0 Å². The number of hydrogen-bond donors (Lipinski definition) is 0. The van der Waals surface area contributed by atoms with Crippen LogP contribution in [-0.4, -0.2) is 37.2 Å². The Bertz CT molecular complexity index is 1180. The fourth-order valence-corrected chi connectivity index (χ4v) is 5.72. The number of hydrogen-bond acceptors (Lipinski definition) is 6. The third-order valence-corrected chi connectivity index (χ3v) is 9.08. The molecule has 0 heterocycles. The largest absolute Gasteiger partial charge is 0.462 e. The first-order valence-corrected chi connectivity index (χ1v) is 22.7. The fourth-order valence-electron chi connectivity index (χ4n) is 5.72. The Morgan fingerprint density at radius 1 is 0.368 bits per heavy atom. The van der Waals surface area contributed by atoms with Gasteiger partial charge in [0.2, 0.25) is 0 Å². The van der Waals surface area contributed by atoms with Crippen LogP contribution in [0.15, 0.2) is 97.2 Å². The van der Waals surface area contributed by atoms with Crippen molar-refractivity contribution in [3.05, 3.63) is 97.2 Å². The second-order valence-electron chi connectivity index (χ2n) is 14.5. The summed E-state index contributed by atoms with van der Waals surface area (Å²) in [6.45, 7) is 6.27. The molecule has 322 valence electrons. The SMILES string of the molecule is CC/C=C\C/C=C\C/C=C\C/C=C\C/C=C\CCCC(=O)OCC(COC(=O)CCCCCCCCC)OC(=O)CCCCCCC/C=C\C/C=C\C/C=C\CC. The van der Waals surface area contributed by atoms with Crippen molar-refractivity contribution < 1.29 is 28.6 Å². The monoisotopic (exact) mass is 791 g/mol. The first-order chi connectivity index (χ1) is 28.0. The number of carbonyl (C=O) groups excluding carboxylic acids is 3. The Morgan fingerprint density at radius 2 is 0.702 bits per heavy atom. The topological polar surface area (TPSA) is 78.9 Å². The van der Waals surface area contributed by atoms with E-state index in [0.717, 1.165) is 116 Å². The molecule has 6 heteroatoms. The molecule has 1 atom stereocenters. The zero-order valence-corrected chi connectivity index (χ0v) is 36.6. The Kier molecular flexibility index (Phi) is 42.1. The maximum absolute atomic E-state index is 12.7. The van der Waals surface area contributed by atoms with Gasteiger partial charge in [-0.15, -0.1) is 0 Å². The maximum Gasteiger partial charge on any atom is 0.306 e. The van der Waals surface area contributed by atoms with Crippen LogP contribution < -0.4 is 0 Å². The highest BCUT2D eigenvalue weighted by atomic mass is 16.6. The van der Waals surface area contributed by atoms with Crippen molar-refractivity contribution in [2.24, 2.45) is 0 Å². The molecule has 0 aromatic carbocycles. The minimum Gasteiger partial charge on any atom is -0.462 e. The molecule has 0 aromatic heterocycles. The molecular formula is C51H82O6. The van der Waals surface area contributed by atoms with Gasteiger partial charge < -0.3 is 14.2 Å². The Hall–Kier alpha value is -3.67. The molecule has 0 amide bonds. The molecule has 0 fully saturated rings. The van der Waals surface area contributed by atoms with E-state index in [-0.39, 0.29) is 37.5 Å². The molecule has 1 unspecified atom stereocenters. The molecule has 6 nitrogen and oxygen atoms in total. The van der Waals surface area contributed by atoms with Crippen LogP contribution in [0.25, 0.3) is 0 Å². The summed E-state index contributed by atoms with van der Waals surface area (Å²) in [4.78, 5) is 37.6. The molecule has 0 aliphatic carbocycles. The summed E-state index contributed by atoms with van der Waals surface area (Å²) < 4.78 is 16.6. The third-order valence-electron chi connectivity index (χ3n) is 9.08. The van der Waals surface area contributed by atoms with Crippen LogP contribution in [0.5, 0.6) is 0 Å². The third kappa shape index (κ3) is 43.3. The first kappa shape index (κ1) is 53.3. The van der Waals surface area contributed by atoms with Crippen LogP contribution >= 0.6 is 0 Å². The van der Waals surface area contributed by atoms with Gasteiger partial charge in [0, 0.05) is 19.3 Å². The predicted octanol–water partition coefficient (Wildman–Crippen LogP) is 14.6. The van der Waals surface area contributed by atoms with Gasteiger partial charge in [0.1, 0.15) is 13.2 Å². The molecule has 0 spiro atoms. The average Bonchev–Trinajstić information content (AvgIpc) is 3.21. The van der Waals surface area contributed by atoms with Crippen molar-refractivity contribution in [3.8, 4) is 0 Å². The predicted molar refractivity (Wildman–Crippen MR) is 242 cm³/mol. The van der Waals surface area contributed by atoms with E-state index < -0.39 is 6.10 Å². The molecule has 0 saturated heterocycles. The van der Waals surface area contributed by atoms with Gasteiger partial charge >= 0.3 is 17.9 Å². The molecule has 0 aliphatic rings. The van der Waals surface area contributed by atoms with Crippen molar-refractivity contribution in [3.63, 3.8) is 0 Å². The summed E-state index contributed by atoms with van der Waals surface area (Å²) in [5, 5.41) is 0. The zero-order valence-electron chi connectivity index (χ0n) is 36.6. The van der Waals surface area contributed by atoms with Crippen molar-refractivity contribution >= 4 is 17.9 Å². The minimum absolute atomic E-state index is 0.104. The smallest absolute Gasteiger partial charge is 0.306 e. The van der Waals surface area contributed by atoms with Crippen molar-refractivity contribution in [2.45, 2.75) is 194 Å². The Labute approximate surface area is 349 Å². The molecule has 0 bridgehead atoms. The Morgan fingerprint density at radius 3 is 1.14 bits per heavy atom. The van der Waals surface area contributed by atoms with E-state index in [1.165, 1.54) is 25.7 Å². The number of ether oxygens (including phenoxy) is 3. The van der Waals surface area contributed by atoms with Crippen LogP contribution in [-0.2, 0) is 28.6 Å². The molecule has 0 aromatic rings. The van der Waals surface area contributed by atoms with Crippen molar-refractivity contribution in [1.82, 2.24) is 0 Å². The highest BCUT2D eigenvalue weighted by Crippen LogP contribution is 2.12. The van der Waals surface area contributed by atoms with E-state index in [4.69, 9.17) is 14.2 Å². The lowest BCUT2D eigenvalue weighted by atomic mass is 10.1. The van der Waals surface area contributed by atoms with Crippen LogP contribution in [0.2, 0.25) is 0 Å². The summed E-state index contributed by atoms with van der Waals surface area (Å²) in [6.07, 6.45) is 58.3. The second-order valence-corrected chi connectivity index (χ2v) is 14.5. The average molecular weight is 791 g/mol. The van der Waals surface area contributed by atoms with Gasteiger partial charge in [-0.2, -0.15) is 0 Å². The van der Waals surface area contributed by atoms with E-state index in [0.29, 0.717) is 19.3 Å². The van der Waals surface area contributed by atoms with Crippen LogP contribution in [0, 0.1) is 0 Å². The summed E-state index contributed by atoms with van der Waals surface area (Å²) in [7, 11) is 0. The van der Waals surface area contributed by atoms with E-state index in [1.807, 2.05) is 0 Å². The standard InChI is InChI=1S/C51H82O6/c1-4-7-10-13-16-18-20-22-24-25-27-28-30-32-35-38-41-44-50(53)56-47-48(46-55-49(52)43-40-37-34-15-12-9-6-3)57-51(54)45-42-39-36-33-31-29-26-23-21-19-17-14-11-8-5-2/h7-8,10-11,16-19,22-24,26-28,32,35,48H,4-6,9,12-15,20-21,25,29-31,33-34,36-47H2,1-3H3/b10-7-,11-8-,18-16-,19-17-,24-22-,26-23-,28-27-,35-32-. The van der Waals surface area contributed by atoms with Crippen LogP contribution in [0.4, 0.5) is 0 Å². The summed E-state index contributed by atoms with van der Waals surface area (Å²) in [5.74, 6) is -0.998. The van der Waals surface area contributed by atoms with Gasteiger partial charge in [-0.1, -0.05) is 176 Å². The van der Waals surface area contributed by atoms with Gasteiger partial charge in [0.15, 0.2) is 6.10 Å². The van der Waals surface area contributed by atoms with Gasteiger partial charge in [-0.3, -0.25) is 14.4 Å². The number of rotatable bonds is 39. The van der Waals surface area contributed by atoms with E-state index in [2.05, 4.69) is 118 Å². The Balaban J connectivity index is 4.45. The molecular weight excluding hydrogens is 709 g/mol. The summed E-state index contributed by atoms with van der Waals surface area (Å²) >= 11 is 0. The minimum atomic E-state index is -0.806. The maximum atomic E-state index is 12.7. The number of esters is 3. The van der Waals surface area contributed by atoms with E-state index >= 15 is 0 Å². The molecule has 0 saturated carbocycles. The number of unbranched alkanes of at least 4 members (excludes halogenated alkanes) is 12. The van der Waals surface area contributed by atoms with Gasteiger partial charge in [-0.05, 0) is 89.9 Å². The molecule has 0 aliphatic heterocycles. The molecule has 0 radical (unpaired) electrons. The van der Waals surface area contributed by atoms with E-state index in [1.54, 1.807) is 0 Å². The lowest BCUT2D eigenvalue weighted by Gasteiger charge is -2.18. The van der Waals surface area contributed by atoms with Gasteiger partial charge in [0.05, 0.1) is 0 Å². The summed E-state index contributed by atoms with van der Waals surface area (Å²) in [5.41, 5.74) is 0. The number of carbonyl (C=O) groups is 3. The lowest BCUT2D eigenvalue weighted by molar-refractivity contribution is -0.167. The number of allylic oxidation sites excluding steroid dienone is 16.